The molecule has 0 saturated heterocycles. The highest BCUT2D eigenvalue weighted by Gasteiger charge is 2.06. The Labute approximate surface area is 94.2 Å². The maximum Gasteiger partial charge on any atom is 0.512 e. The number of nitrogens with one attached hydrogen (secondary N) is 1. The molecule has 0 bridgehead atoms. The zero-order valence-corrected chi connectivity index (χ0v) is 8.62. The fourth-order valence-corrected chi connectivity index (χ4v) is 1.52. The maximum atomic E-state index is 11.6. The maximum absolute atomic E-state index is 11.6. The summed E-state index contributed by atoms with van der Waals surface area (Å²) in [6, 6.07) is 5.73. The van der Waals surface area contributed by atoms with E-state index >= 15 is 0 Å². The Bertz CT molecular complexity index is 620. The van der Waals surface area contributed by atoms with Crippen LogP contribution < -0.4 is 10.2 Å². The molecule has 0 radical (unpaired) electrons. The molecule has 0 saturated carbocycles. The van der Waals surface area contributed by atoms with Gasteiger partial charge in [0, 0.05) is 16.5 Å². The molecule has 0 spiro atoms. The number of benzene rings is 1. The minimum Gasteiger partial charge on any atom is -0.449 e. The molecule has 1 heterocycles. The Hall–Kier alpha value is -2.01. The number of ether oxygens (including phenoxy) is 1. The molecule has 0 aliphatic rings. The summed E-state index contributed by atoms with van der Waals surface area (Å²) >= 11 is 5.75. The number of pyridine rings is 1. The van der Waals surface area contributed by atoms with E-state index in [0.29, 0.717) is 15.9 Å². The van der Waals surface area contributed by atoms with Crippen molar-refractivity contribution in [1.82, 2.24) is 4.98 Å². The largest absolute Gasteiger partial charge is 0.512 e. The number of H-pyrrole nitrogens is 1. The number of aromatic nitrogens is 1. The summed E-state index contributed by atoms with van der Waals surface area (Å²) in [5.41, 5.74) is 0.0953. The Morgan fingerprint density at radius 1 is 1.38 bits per heavy atom. The molecule has 6 heteroatoms. The molecule has 0 fully saturated rings. The van der Waals surface area contributed by atoms with Gasteiger partial charge in [-0.25, -0.2) is 4.79 Å². The van der Waals surface area contributed by atoms with Crippen LogP contribution in [0.25, 0.3) is 10.9 Å². The second-order valence-electron chi connectivity index (χ2n) is 3.06. The van der Waals surface area contributed by atoms with Crippen LogP contribution in [0, 0.1) is 0 Å². The van der Waals surface area contributed by atoms with Crippen LogP contribution in [0.1, 0.15) is 0 Å². The predicted molar refractivity (Wildman–Crippen MR) is 58.2 cm³/mol. The molecule has 2 rings (SSSR count). The summed E-state index contributed by atoms with van der Waals surface area (Å²) < 4.78 is 4.36. The number of carboxylic acid groups (broad SMARTS) is 1. The van der Waals surface area contributed by atoms with Crippen molar-refractivity contribution in [2.24, 2.45) is 0 Å². The summed E-state index contributed by atoms with van der Waals surface area (Å²) in [5, 5.41) is 9.27. The third-order valence-corrected chi connectivity index (χ3v) is 2.20. The molecule has 82 valence electrons. The van der Waals surface area contributed by atoms with E-state index in [4.69, 9.17) is 16.7 Å². The van der Waals surface area contributed by atoms with Crippen LogP contribution >= 0.6 is 11.6 Å². The van der Waals surface area contributed by atoms with Gasteiger partial charge in [0.05, 0.1) is 5.52 Å². The van der Waals surface area contributed by atoms with E-state index in [1.807, 2.05) is 0 Å². The van der Waals surface area contributed by atoms with Gasteiger partial charge in [0.25, 0.3) is 0 Å². The summed E-state index contributed by atoms with van der Waals surface area (Å²) in [4.78, 5) is 24.5. The highest BCUT2D eigenvalue weighted by molar-refractivity contribution is 6.31. The molecule has 16 heavy (non-hydrogen) atoms. The van der Waals surface area contributed by atoms with Crippen molar-refractivity contribution < 1.29 is 14.6 Å². The summed E-state index contributed by atoms with van der Waals surface area (Å²) in [6.07, 6.45) is -1.49. The summed E-state index contributed by atoms with van der Waals surface area (Å²) in [7, 11) is 0. The number of fused-ring (bicyclic) bond motifs is 1. The number of carbonyl (C=O) groups is 1. The minimum atomic E-state index is -1.49. The van der Waals surface area contributed by atoms with Gasteiger partial charge in [0.1, 0.15) is 0 Å². The third kappa shape index (κ3) is 1.99. The fourth-order valence-electron chi connectivity index (χ4n) is 1.35. The standard InChI is InChI=1S/C10H6ClNO4/c11-5-1-2-6-7(3-5)12-9(4-8(6)13)16-10(14)15/h1-4H,(H,12,13)(H,14,15). The first-order valence-corrected chi connectivity index (χ1v) is 4.67. The molecule has 5 nitrogen and oxygen atoms in total. The first kappa shape index (κ1) is 10.5. The van der Waals surface area contributed by atoms with Crippen molar-refractivity contribution in [2.75, 3.05) is 0 Å². The van der Waals surface area contributed by atoms with Gasteiger partial charge in [0.2, 0.25) is 5.88 Å². The zero-order chi connectivity index (χ0) is 11.7. The Morgan fingerprint density at radius 3 is 2.81 bits per heavy atom. The molecule has 0 amide bonds. The van der Waals surface area contributed by atoms with Crippen LogP contribution in [0.4, 0.5) is 4.79 Å². The van der Waals surface area contributed by atoms with Crippen LogP contribution in [0.15, 0.2) is 29.1 Å². The normalized spacial score (nSPS) is 10.3. The van der Waals surface area contributed by atoms with Gasteiger partial charge in [-0.15, -0.1) is 0 Å². The minimum absolute atomic E-state index is 0.132. The van der Waals surface area contributed by atoms with Gasteiger partial charge in [-0.2, -0.15) is 0 Å². The van der Waals surface area contributed by atoms with E-state index in [1.54, 1.807) is 12.1 Å². The molecule has 0 aliphatic heterocycles. The van der Waals surface area contributed by atoms with E-state index in [0.717, 1.165) is 6.07 Å². The van der Waals surface area contributed by atoms with Crippen LogP contribution in [-0.2, 0) is 0 Å². The first-order valence-electron chi connectivity index (χ1n) is 4.29. The van der Waals surface area contributed by atoms with Gasteiger partial charge in [-0.3, -0.25) is 4.79 Å². The molecule has 2 N–H and O–H groups in total. The average molecular weight is 240 g/mol. The first-order chi connectivity index (χ1) is 7.56. The third-order valence-electron chi connectivity index (χ3n) is 1.96. The van der Waals surface area contributed by atoms with Gasteiger partial charge in [-0.05, 0) is 18.2 Å². The number of halogens is 1. The van der Waals surface area contributed by atoms with Crippen molar-refractivity contribution in [3.8, 4) is 5.88 Å². The smallest absolute Gasteiger partial charge is 0.449 e. The SMILES string of the molecule is O=C(O)Oc1cc(=O)c2ccc(Cl)cc2[nH]1. The molecule has 1 aromatic heterocycles. The van der Waals surface area contributed by atoms with E-state index in [9.17, 15) is 9.59 Å². The second kappa shape index (κ2) is 3.86. The molecule has 2 aromatic rings. The molecule has 0 aliphatic carbocycles. The van der Waals surface area contributed by atoms with Gasteiger partial charge >= 0.3 is 6.16 Å². The number of aromatic amines is 1. The molecular weight excluding hydrogens is 234 g/mol. The van der Waals surface area contributed by atoms with E-state index in [2.05, 4.69) is 9.72 Å². The van der Waals surface area contributed by atoms with Gasteiger partial charge in [-0.1, -0.05) is 11.6 Å². The van der Waals surface area contributed by atoms with Crippen LogP contribution in [0.3, 0.4) is 0 Å². The Kier molecular flexibility index (Phi) is 2.54. The van der Waals surface area contributed by atoms with Crippen LogP contribution in [-0.4, -0.2) is 16.2 Å². The number of hydrogen-bond acceptors (Lipinski definition) is 3. The van der Waals surface area contributed by atoms with Crippen molar-refractivity contribution in [3.63, 3.8) is 0 Å². The second-order valence-corrected chi connectivity index (χ2v) is 3.49. The van der Waals surface area contributed by atoms with Crippen LogP contribution in [0.2, 0.25) is 5.02 Å². The highest BCUT2D eigenvalue weighted by Crippen LogP contribution is 2.17. The number of hydrogen-bond donors (Lipinski definition) is 2. The highest BCUT2D eigenvalue weighted by atomic mass is 35.5. The lowest BCUT2D eigenvalue weighted by Crippen LogP contribution is -2.09. The lowest BCUT2D eigenvalue weighted by molar-refractivity contribution is 0.142. The quantitative estimate of drug-likeness (QED) is 0.748. The lowest BCUT2D eigenvalue weighted by atomic mass is 10.2. The lowest BCUT2D eigenvalue weighted by Gasteiger charge is -2.02. The van der Waals surface area contributed by atoms with Crippen molar-refractivity contribution in [2.45, 2.75) is 0 Å². The summed E-state index contributed by atoms with van der Waals surface area (Å²) in [5.74, 6) is -0.132. The summed E-state index contributed by atoms with van der Waals surface area (Å²) in [6.45, 7) is 0. The average Bonchev–Trinajstić information content (AvgIpc) is 2.15. The van der Waals surface area contributed by atoms with Crippen molar-refractivity contribution in [3.05, 3.63) is 39.5 Å². The molecule has 0 atom stereocenters. The van der Waals surface area contributed by atoms with Crippen LogP contribution in [0.5, 0.6) is 5.88 Å². The number of rotatable bonds is 1. The molecule has 1 aromatic carbocycles. The monoisotopic (exact) mass is 239 g/mol. The topological polar surface area (TPSA) is 79.4 Å². The Balaban J connectivity index is 2.65. The molecular formula is C10H6ClNO4. The van der Waals surface area contributed by atoms with Gasteiger partial charge in [0.15, 0.2) is 5.43 Å². The molecule has 0 unspecified atom stereocenters. The van der Waals surface area contributed by atoms with E-state index in [-0.39, 0.29) is 11.3 Å². The van der Waals surface area contributed by atoms with E-state index < -0.39 is 6.16 Å². The van der Waals surface area contributed by atoms with Crippen molar-refractivity contribution >= 4 is 28.7 Å². The zero-order valence-electron chi connectivity index (χ0n) is 7.86. The van der Waals surface area contributed by atoms with Crippen molar-refractivity contribution in [1.29, 1.82) is 0 Å². The predicted octanol–water partition coefficient (Wildman–Crippen LogP) is 2.24. The van der Waals surface area contributed by atoms with Gasteiger partial charge < -0.3 is 14.8 Å². The fraction of sp³-hybridized carbons (Fsp3) is 0. The Morgan fingerprint density at radius 2 is 2.12 bits per heavy atom. The van der Waals surface area contributed by atoms with E-state index in [1.165, 1.54) is 6.07 Å².